The Bertz CT molecular complexity index is 323. The highest BCUT2D eigenvalue weighted by Gasteiger charge is 2.42. The van der Waals surface area contributed by atoms with E-state index < -0.39 is 5.41 Å². The predicted octanol–water partition coefficient (Wildman–Crippen LogP) is 1.61. The van der Waals surface area contributed by atoms with Crippen LogP contribution in [-0.4, -0.2) is 24.2 Å². The van der Waals surface area contributed by atoms with E-state index in [1.807, 2.05) is 20.8 Å². The molecular weight excluding hydrogens is 204 g/mol. The number of carbonyl (C=O) groups is 1. The van der Waals surface area contributed by atoms with Gasteiger partial charge in [0.25, 0.3) is 0 Å². The Hall–Kier alpha value is -1.08. The summed E-state index contributed by atoms with van der Waals surface area (Å²) in [7, 11) is 0. The van der Waals surface area contributed by atoms with Crippen molar-refractivity contribution >= 4 is 5.91 Å². The summed E-state index contributed by atoms with van der Waals surface area (Å²) in [6, 6.07) is 2.08. The quantitative estimate of drug-likeness (QED) is 0.792. The van der Waals surface area contributed by atoms with E-state index in [1.54, 1.807) is 6.92 Å². The zero-order valence-electron chi connectivity index (χ0n) is 10.5. The molecule has 4 heteroatoms. The molecule has 90 valence electrons. The number of carbonyl (C=O) groups excluding carboxylic acids is 1. The van der Waals surface area contributed by atoms with Gasteiger partial charge in [-0.25, -0.2) is 0 Å². The Morgan fingerprint density at radius 2 is 2.38 bits per heavy atom. The summed E-state index contributed by atoms with van der Waals surface area (Å²) in [6.45, 7) is 8.10. The molecule has 0 aromatic rings. The lowest BCUT2D eigenvalue weighted by molar-refractivity contribution is -0.130. The number of rotatable bonds is 3. The second kappa shape index (κ2) is 4.42. The van der Waals surface area contributed by atoms with Crippen molar-refractivity contribution in [3.05, 3.63) is 0 Å². The third-order valence-electron chi connectivity index (χ3n) is 3.74. The maximum absolute atomic E-state index is 12.0. The van der Waals surface area contributed by atoms with E-state index in [0.717, 1.165) is 6.42 Å². The molecule has 4 nitrogen and oxygen atoms in total. The van der Waals surface area contributed by atoms with E-state index in [4.69, 9.17) is 10.00 Å². The zero-order valence-corrected chi connectivity index (χ0v) is 10.5. The highest BCUT2D eigenvalue weighted by Crippen LogP contribution is 2.28. The van der Waals surface area contributed by atoms with Gasteiger partial charge in [-0.2, -0.15) is 5.26 Å². The summed E-state index contributed by atoms with van der Waals surface area (Å²) in [6.07, 6.45) is 1.31. The molecule has 0 aromatic carbocycles. The van der Waals surface area contributed by atoms with Crippen LogP contribution in [0.1, 0.15) is 40.5 Å². The van der Waals surface area contributed by atoms with Crippen molar-refractivity contribution in [3.63, 3.8) is 0 Å². The first-order valence-corrected chi connectivity index (χ1v) is 5.73. The first-order valence-electron chi connectivity index (χ1n) is 5.73. The molecule has 0 radical (unpaired) electrons. The molecule has 1 fully saturated rings. The maximum atomic E-state index is 12.0. The first-order chi connectivity index (χ1) is 7.38. The summed E-state index contributed by atoms with van der Waals surface area (Å²) in [5.74, 6) is -0.197. The van der Waals surface area contributed by atoms with Gasteiger partial charge in [0.05, 0.1) is 17.7 Å². The van der Waals surface area contributed by atoms with Crippen LogP contribution in [0.4, 0.5) is 0 Å². The van der Waals surface area contributed by atoms with E-state index in [-0.39, 0.29) is 17.6 Å². The minimum atomic E-state index is -0.939. The molecule has 16 heavy (non-hydrogen) atoms. The summed E-state index contributed by atoms with van der Waals surface area (Å²) in [5.41, 5.74) is -1.28. The van der Waals surface area contributed by atoms with E-state index in [0.29, 0.717) is 13.0 Å². The fourth-order valence-corrected chi connectivity index (χ4v) is 1.69. The second-order valence-corrected chi connectivity index (χ2v) is 4.93. The summed E-state index contributed by atoms with van der Waals surface area (Å²) < 4.78 is 5.45. The fourth-order valence-electron chi connectivity index (χ4n) is 1.69. The van der Waals surface area contributed by atoms with Gasteiger partial charge in [0, 0.05) is 6.61 Å². The van der Waals surface area contributed by atoms with Crippen LogP contribution in [0.25, 0.3) is 0 Å². The van der Waals surface area contributed by atoms with Crippen molar-refractivity contribution in [3.8, 4) is 6.07 Å². The van der Waals surface area contributed by atoms with E-state index in [1.165, 1.54) is 0 Å². The van der Waals surface area contributed by atoms with Crippen molar-refractivity contribution in [1.29, 1.82) is 5.26 Å². The lowest BCUT2D eigenvalue weighted by atomic mass is 9.85. The number of ether oxygens (including phenoxy) is 1. The molecule has 0 aliphatic carbocycles. The molecule has 1 aliphatic heterocycles. The summed E-state index contributed by atoms with van der Waals surface area (Å²) >= 11 is 0. The van der Waals surface area contributed by atoms with Crippen molar-refractivity contribution in [2.45, 2.75) is 52.2 Å². The number of nitriles is 1. The predicted molar refractivity (Wildman–Crippen MR) is 60.6 cm³/mol. The molecule has 1 N–H and O–H groups in total. The van der Waals surface area contributed by atoms with Gasteiger partial charge >= 0.3 is 0 Å². The molecule has 0 spiro atoms. The van der Waals surface area contributed by atoms with Crippen LogP contribution in [0.5, 0.6) is 0 Å². The molecule has 1 amide bonds. The SMILES string of the molecule is CCC(C)(C#N)C(=O)NC1(C)CCOC1C. The molecule has 0 saturated carbocycles. The number of amides is 1. The molecule has 3 atom stereocenters. The Balaban J connectivity index is 2.75. The number of hydrogen-bond donors (Lipinski definition) is 1. The molecule has 0 bridgehead atoms. The van der Waals surface area contributed by atoms with Gasteiger partial charge in [0.1, 0.15) is 5.41 Å². The van der Waals surface area contributed by atoms with Crippen LogP contribution in [-0.2, 0) is 9.53 Å². The Morgan fingerprint density at radius 1 is 1.75 bits per heavy atom. The van der Waals surface area contributed by atoms with Crippen molar-refractivity contribution < 1.29 is 9.53 Å². The molecule has 1 saturated heterocycles. The summed E-state index contributed by atoms with van der Waals surface area (Å²) in [5, 5.41) is 12.0. The Kier molecular flexibility index (Phi) is 3.59. The topological polar surface area (TPSA) is 62.1 Å². The van der Waals surface area contributed by atoms with Gasteiger partial charge in [-0.3, -0.25) is 4.79 Å². The van der Waals surface area contributed by atoms with Crippen molar-refractivity contribution in [2.75, 3.05) is 6.61 Å². The average molecular weight is 224 g/mol. The van der Waals surface area contributed by atoms with Crippen LogP contribution in [0.15, 0.2) is 0 Å². The molecule has 3 unspecified atom stereocenters. The van der Waals surface area contributed by atoms with Gasteiger partial charge in [-0.15, -0.1) is 0 Å². The highest BCUT2D eigenvalue weighted by molar-refractivity contribution is 5.85. The van der Waals surface area contributed by atoms with Crippen LogP contribution >= 0.6 is 0 Å². The number of hydrogen-bond acceptors (Lipinski definition) is 3. The Morgan fingerprint density at radius 3 is 2.75 bits per heavy atom. The zero-order chi connectivity index (χ0) is 12.4. The minimum absolute atomic E-state index is 0.00347. The third-order valence-corrected chi connectivity index (χ3v) is 3.74. The normalized spacial score (nSPS) is 32.8. The van der Waals surface area contributed by atoms with Gasteiger partial charge in [0.2, 0.25) is 5.91 Å². The maximum Gasteiger partial charge on any atom is 0.240 e. The lowest BCUT2D eigenvalue weighted by Crippen LogP contribution is -2.54. The van der Waals surface area contributed by atoms with Crippen molar-refractivity contribution in [1.82, 2.24) is 5.32 Å². The van der Waals surface area contributed by atoms with Crippen LogP contribution in [0.3, 0.4) is 0 Å². The van der Waals surface area contributed by atoms with Crippen LogP contribution < -0.4 is 5.32 Å². The minimum Gasteiger partial charge on any atom is -0.376 e. The molecule has 0 aromatic heterocycles. The molecule has 1 rings (SSSR count). The highest BCUT2D eigenvalue weighted by atomic mass is 16.5. The smallest absolute Gasteiger partial charge is 0.240 e. The molecule has 1 heterocycles. The fraction of sp³-hybridized carbons (Fsp3) is 0.833. The van der Waals surface area contributed by atoms with E-state index >= 15 is 0 Å². The lowest BCUT2D eigenvalue weighted by Gasteiger charge is -2.32. The Labute approximate surface area is 97.0 Å². The molecule has 1 aliphatic rings. The first kappa shape index (κ1) is 13.0. The number of nitrogens with one attached hydrogen (secondary N) is 1. The molecular formula is C12H20N2O2. The van der Waals surface area contributed by atoms with Gasteiger partial charge < -0.3 is 10.1 Å². The third kappa shape index (κ3) is 2.19. The summed E-state index contributed by atoms with van der Waals surface area (Å²) in [4.78, 5) is 12.0. The van der Waals surface area contributed by atoms with E-state index in [2.05, 4.69) is 11.4 Å². The standard InChI is InChI=1S/C12H20N2O2/c1-5-11(3,8-13)10(15)14-12(4)6-7-16-9(12)2/h9H,5-7H2,1-4H3,(H,14,15). The van der Waals surface area contributed by atoms with Gasteiger partial charge in [-0.05, 0) is 33.6 Å². The van der Waals surface area contributed by atoms with Gasteiger partial charge in [-0.1, -0.05) is 6.92 Å². The number of nitrogens with zero attached hydrogens (tertiary/aromatic N) is 1. The van der Waals surface area contributed by atoms with Crippen LogP contribution in [0.2, 0.25) is 0 Å². The van der Waals surface area contributed by atoms with Gasteiger partial charge in [0.15, 0.2) is 0 Å². The average Bonchev–Trinajstić information content (AvgIpc) is 2.57. The van der Waals surface area contributed by atoms with Crippen molar-refractivity contribution in [2.24, 2.45) is 5.41 Å². The largest absolute Gasteiger partial charge is 0.376 e. The monoisotopic (exact) mass is 224 g/mol. The van der Waals surface area contributed by atoms with Crippen LogP contribution in [0, 0.1) is 16.7 Å². The second-order valence-electron chi connectivity index (χ2n) is 4.93. The van der Waals surface area contributed by atoms with E-state index in [9.17, 15) is 4.79 Å².